The molecule has 0 radical (unpaired) electrons. The molecule has 2 rings (SSSR count). The van der Waals surface area contributed by atoms with Crippen LogP contribution in [0.2, 0.25) is 0 Å². The Hall–Kier alpha value is -3.02. The largest absolute Gasteiger partial charge is 0.450 e. The average Bonchev–Trinajstić information content (AvgIpc) is 2.60. The first-order valence-corrected chi connectivity index (χ1v) is 7.78. The van der Waals surface area contributed by atoms with Gasteiger partial charge in [0.25, 0.3) is 0 Å². The maximum Gasteiger partial charge on any atom is 0.413 e. The van der Waals surface area contributed by atoms with Gasteiger partial charge in [0.2, 0.25) is 5.96 Å². The van der Waals surface area contributed by atoms with Gasteiger partial charge in [-0.15, -0.1) is 0 Å². The Balaban J connectivity index is 2.01. The average molecular weight is 326 g/mol. The van der Waals surface area contributed by atoms with E-state index in [4.69, 9.17) is 10.5 Å². The molecule has 0 fully saturated rings. The topological polar surface area (TPSA) is 88.7 Å². The van der Waals surface area contributed by atoms with Gasteiger partial charge in [0.1, 0.15) is 0 Å². The van der Waals surface area contributed by atoms with Gasteiger partial charge < -0.3 is 15.8 Å². The second kappa shape index (κ2) is 9.19. The van der Waals surface area contributed by atoms with Crippen molar-refractivity contribution in [3.8, 4) is 0 Å². The second-order valence-electron chi connectivity index (χ2n) is 5.09. The van der Waals surface area contributed by atoms with Gasteiger partial charge in [0.15, 0.2) is 0 Å². The lowest BCUT2D eigenvalue weighted by molar-refractivity contribution is 0.157. The fourth-order valence-electron chi connectivity index (χ4n) is 1.98. The number of amides is 1. The van der Waals surface area contributed by atoms with Gasteiger partial charge in [0, 0.05) is 12.2 Å². The summed E-state index contributed by atoms with van der Waals surface area (Å²) in [4.78, 5) is 16.1. The Morgan fingerprint density at radius 1 is 1.08 bits per heavy atom. The number of guanidine groups is 1. The minimum atomic E-state index is -0.533. The fraction of sp³-hybridized carbons (Fsp3) is 0.222. The van der Waals surface area contributed by atoms with Gasteiger partial charge in [0.05, 0.1) is 13.2 Å². The zero-order chi connectivity index (χ0) is 17.2. The van der Waals surface area contributed by atoms with Gasteiger partial charge >= 0.3 is 6.09 Å². The van der Waals surface area contributed by atoms with E-state index in [2.05, 4.69) is 15.6 Å². The van der Waals surface area contributed by atoms with Crippen LogP contribution in [0.1, 0.15) is 18.1 Å². The van der Waals surface area contributed by atoms with Crippen LogP contribution >= 0.6 is 0 Å². The Morgan fingerprint density at radius 3 is 2.46 bits per heavy atom. The summed E-state index contributed by atoms with van der Waals surface area (Å²) in [5, 5.41) is 5.74. The molecule has 4 N–H and O–H groups in total. The minimum Gasteiger partial charge on any atom is -0.450 e. The third kappa shape index (κ3) is 6.00. The first kappa shape index (κ1) is 17.3. The smallest absolute Gasteiger partial charge is 0.413 e. The van der Waals surface area contributed by atoms with Crippen molar-refractivity contribution in [2.45, 2.75) is 20.0 Å². The highest BCUT2D eigenvalue weighted by atomic mass is 16.5. The van der Waals surface area contributed by atoms with Gasteiger partial charge in [-0.05, 0) is 30.2 Å². The number of anilines is 1. The molecule has 0 saturated heterocycles. The first-order valence-electron chi connectivity index (χ1n) is 7.78. The van der Waals surface area contributed by atoms with Crippen molar-refractivity contribution < 1.29 is 9.53 Å². The Labute approximate surface area is 141 Å². The van der Waals surface area contributed by atoms with Gasteiger partial charge in [-0.25, -0.2) is 9.79 Å². The third-order valence-electron chi connectivity index (χ3n) is 3.20. The number of nitrogens with zero attached hydrogens (tertiary/aromatic N) is 1. The number of rotatable bonds is 5. The molecule has 0 aromatic heterocycles. The number of benzene rings is 2. The molecule has 0 heterocycles. The highest BCUT2D eigenvalue weighted by molar-refractivity contribution is 5.93. The summed E-state index contributed by atoms with van der Waals surface area (Å²) in [6.07, 6.45) is -0.533. The van der Waals surface area contributed by atoms with Crippen molar-refractivity contribution in [1.82, 2.24) is 10.6 Å². The molecule has 2 aromatic carbocycles. The van der Waals surface area contributed by atoms with E-state index in [1.54, 1.807) is 6.92 Å². The van der Waals surface area contributed by atoms with Gasteiger partial charge in [-0.1, -0.05) is 42.5 Å². The molecule has 0 bridgehead atoms. The molecule has 0 aliphatic carbocycles. The Morgan fingerprint density at radius 2 is 1.79 bits per heavy atom. The number of carbonyl (C=O) groups excluding carboxylic acids is 1. The molecular weight excluding hydrogens is 304 g/mol. The number of ether oxygens (including phenoxy) is 1. The van der Waals surface area contributed by atoms with Crippen LogP contribution in [0.25, 0.3) is 0 Å². The van der Waals surface area contributed by atoms with E-state index in [1.165, 1.54) is 0 Å². The summed E-state index contributed by atoms with van der Waals surface area (Å²) in [6, 6.07) is 17.3. The van der Waals surface area contributed by atoms with Crippen molar-refractivity contribution in [3.63, 3.8) is 0 Å². The summed E-state index contributed by atoms with van der Waals surface area (Å²) in [5.74, 6) is 0.370. The van der Waals surface area contributed by atoms with Crippen molar-refractivity contribution in [3.05, 3.63) is 65.7 Å². The van der Waals surface area contributed by atoms with Crippen LogP contribution in [0.5, 0.6) is 0 Å². The van der Waals surface area contributed by atoms with Crippen molar-refractivity contribution in [2.75, 3.05) is 12.3 Å². The van der Waals surface area contributed by atoms with Crippen LogP contribution in [0, 0.1) is 0 Å². The number of carbonyl (C=O) groups is 1. The Kier molecular flexibility index (Phi) is 6.64. The number of alkyl carbamates (subject to hydrolysis) is 1. The molecular formula is C18H22N4O2. The Bertz CT molecular complexity index is 669. The fourth-order valence-corrected chi connectivity index (χ4v) is 1.98. The van der Waals surface area contributed by atoms with Crippen LogP contribution in [0.4, 0.5) is 10.5 Å². The number of nitrogens with one attached hydrogen (secondary N) is 2. The zero-order valence-electron chi connectivity index (χ0n) is 13.7. The van der Waals surface area contributed by atoms with Crippen LogP contribution in [0.15, 0.2) is 59.6 Å². The lowest BCUT2D eigenvalue weighted by atomic mass is 10.2. The standard InChI is InChI=1S/C18H22N4O2/c1-2-24-18(23)22-17(20-12-14-6-4-3-5-7-14)21-13-15-8-10-16(19)11-9-15/h3-11H,2,12-13,19H2,1H3,(H2,20,21,22,23). The summed E-state index contributed by atoms with van der Waals surface area (Å²) < 4.78 is 4.90. The van der Waals surface area contributed by atoms with Crippen molar-refractivity contribution in [1.29, 1.82) is 0 Å². The van der Waals surface area contributed by atoms with Gasteiger partial charge in [-0.2, -0.15) is 0 Å². The van der Waals surface area contributed by atoms with E-state index < -0.39 is 6.09 Å². The van der Waals surface area contributed by atoms with E-state index in [1.807, 2.05) is 54.6 Å². The van der Waals surface area contributed by atoms with Crippen LogP contribution in [-0.2, 0) is 17.8 Å². The molecule has 24 heavy (non-hydrogen) atoms. The van der Waals surface area contributed by atoms with Crippen LogP contribution < -0.4 is 16.4 Å². The lowest BCUT2D eigenvalue weighted by Gasteiger charge is -2.12. The molecule has 2 aromatic rings. The van der Waals surface area contributed by atoms with E-state index in [0.29, 0.717) is 31.3 Å². The summed E-state index contributed by atoms with van der Waals surface area (Å²) in [7, 11) is 0. The quantitative estimate of drug-likeness (QED) is 0.448. The zero-order valence-corrected chi connectivity index (χ0v) is 13.7. The minimum absolute atomic E-state index is 0.301. The predicted octanol–water partition coefficient (Wildman–Crippen LogP) is 2.66. The van der Waals surface area contributed by atoms with E-state index >= 15 is 0 Å². The molecule has 0 atom stereocenters. The SMILES string of the molecule is CCOC(=O)NC(=NCc1ccccc1)NCc1ccc(N)cc1. The van der Waals surface area contributed by atoms with E-state index in [9.17, 15) is 4.79 Å². The highest BCUT2D eigenvalue weighted by Crippen LogP contribution is 2.05. The van der Waals surface area contributed by atoms with E-state index in [-0.39, 0.29) is 0 Å². The number of nitrogens with two attached hydrogens (primary N) is 1. The molecule has 126 valence electrons. The summed E-state index contributed by atoms with van der Waals surface area (Å²) in [6.45, 7) is 3.02. The van der Waals surface area contributed by atoms with Crippen molar-refractivity contribution in [2.24, 2.45) is 4.99 Å². The molecule has 0 aliphatic heterocycles. The molecule has 1 amide bonds. The van der Waals surface area contributed by atoms with Crippen LogP contribution in [-0.4, -0.2) is 18.7 Å². The maximum atomic E-state index is 11.7. The molecule has 0 saturated carbocycles. The molecule has 0 spiro atoms. The first-order chi connectivity index (χ1) is 11.7. The van der Waals surface area contributed by atoms with Gasteiger partial charge in [-0.3, -0.25) is 5.32 Å². The maximum absolute atomic E-state index is 11.7. The highest BCUT2D eigenvalue weighted by Gasteiger charge is 2.06. The predicted molar refractivity (Wildman–Crippen MR) is 95.4 cm³/mol. The van der Waals surface area contributed by atoms with E-state index in [0.717, 1.165) is 11.1 Å². The lowest BCUT2D eigenvalue weighted by Crippen LogP contribution is -2.41. The van der Waals surface area contributed by atoms with Crippen LogP contribution in [0.3, 0.4) is 0 Å². The van der Waals surface area contributed by atoms with Crippen molar-refractivity contribution >= 4 is 17.7 Å². The molecule has 6 nitrogen and oxygen atoms in total. The number of nitrogen functional groups attached to an aromatic ring is 1. The molecule has 0 unspecified atom stereocenters. The summed E-state index contributed by atoms with van der Waals surface area (Å²) in [5.41, 5.74) is 8.47. The third-order valence-corrected chi connectivity index (χ3v) is 3.20. The molecule has 0 aliphatic rings. The number of aliphatic imine (C=N–C) groups is 1. The summed E-state index contributed by atoms with van der Waals surface area (Å²) >= 11 is 0. The molecule has 6 heteroatoms. The monoisotopic (exact) mass is 326 g/mol. The number of hydrogen-bond acceptors (Lipinski definition) is 4. The second-order valence-corrected chi connectivity index (χ2v) is 5.09. The normalized spacial score (nSPS) is 11.0. The number of hydrogen-bond donors (Lipinski definition) is 3.